The fourth-order valence-corrected chi connectivity index (χ4v) is 8.07. The van der Waals surface area contributed by atoms with Crippen LogP contribution in [0.5, 0.6) is 0 Å². The summed E-state index contributed by atoms with van der Waals surface area (Å²) in [7, 11) is -3.51. The van der Waals surface area contributed by atoms with Gasteiger partial charge >= 0.3 is 0 Å². The minimum absolute atomic E-state index is 0.0455. The Morgan fingerprint density at radius 1 is 0.812 bits per heavy atom. The van der Waals surface area contributed by atoms with Crippen molar-refractivity contribution in [3.05, 3.63) is 113 Å². The number of carbonyl (C=O) groups excluding carboxylic acids is 1. The molecule has 0 saturated carbocycles. The molecule has 0 bridgehead atoms. The van der Waals surface area contributed by atoms with Gasteiger partial charge in [-0.3, -0.25) is 4.79 Å². The monoisotopic (exact) mass is 669 g/mol. The molecule has 2 aromatic heterocycles. The molecule has 0 aliphatic carbocycles. The van der Waals surface area contributed by atoms with Gasteiger partial charge in [-0.15, -0.1) is 20.4 Å². The minimum Gasteiger partial charge on any atom is -0.368 e. The van der Waals surface area contributed by atoms with E-state index in [0.29, 0.717) is 42.5 Å². The number of nitrogens with one attached hydrogen (secondary N) is 2. The fourth-order valence-electron chi connectivity index (χ4n) is 6.62. The van der Waals surface area contributed by atoms with E-state index in [-0.39, 0.29) is 12.0 Å². The number of hydrogen-bond acceptors (Lipinski definition) is 10. The lowest BCUT2D eigenvalue weighted by Crippen LogP contribution is -2.46. The average molecular weight is 670 g/mol. The van der Waals surface area contributed by atoms with Crippen molar-refractivity contribution >= 4 is 15.9 Å². The molecule has 4 N–H and O–H groups in total. The quantitative estimate of drug-likeness (QED) is 0.221. The van der Waals surface area contributed by atoms with Crippen molar-refractivity contribution in [1.29, 1.82) is 0 Å². The molecule has 0 unspecified atom stereocenters. The molecular weight excluding hydrogens is 631 g/mol. The first-order valence-electron chi connectivity index (χ1n) is 15.9. The number of aromatic nitrogens is 8. The van der Waals surface area contributed by atoms with Crippen molar-refractivity contribution in [3.8, 4) is 0 Å². The lowest BCUT2D eigenvalue weighted by atomic mass is 9.72. The summed E-state index contributed by atoms with van der Waals surface area (Å²) in [5.74, 6) is 0.801. The second-order valence-corrected chi connectivity index (χ2v) is 14.1. The smallest absolute Gasteiger partial charge is 0.243 e. The molecule has 250 valence electrons. The minimum atomic E-state index is -3.51. The maximum Gasteiger partial charge on any atom is 0.243 e. The summed E-state index contributed by atoms with van der Waals surface area (Å²) in [5, 5.41) is 30.6. The van der Waals surface area contributed by atoms with Crippen LogP contribution in [0.2, 0.25) is 0 Å². The van der Waals surface area contributed by atoms with Gasteiger partial charge < -0.3 is 11.1 Å². The van der Waals surface area contributed by atoms with Gasteiger partial charge in [-0.1, -0.05) is 83.6 Å². The van der Waals surface area contributed by atoms with Crippen LogP contribution >= 0.6 is 0 Å². The number of piperidine rings is 2. The normalized spacial score (nSPS) is 17.6. The van der Waals surface area contributed by atoms with Gasteiger partial charge in [0, 0.05) is 13.1 Å². The molecule has 2 aliphatic heterocycles. The van der Waals surface area contributed by atoms with Gasteiger partial charge in [0.25, 0.3) is 0 Å². The molecule has 4 heterocycles. The summed E-state index contributed by atoms with van der Waals surface area (Å²) in [4.78, 5) is 12.6. The maximum atomic E-state index is 13.0. The van der Waals surface area contributed by atoms with Crippen LogP contribution in [-0.2, 0) is 32.2 Å². The number of carbonyl (C=O) groups is 1. The summed E-state index contributed by atoms with van der Waals surface area (Å²) >= 11 is 0. The van der Waals surface area contributed by atoms with Crippen molar-refractivity contribution in [1.82, 2.24) is 50.5 Å². The number of amides is 1. The Kier molecular flexibility index (Phi) is 9.71. The van der Waals surface area contributed by atoms with Gasteiger partial charge in [-0.05, 0) is 74.2 Å². The zero-order valence-electron chi connectivity index (χ0n) is 26.7. The van der Waals surface area contributed by atoms with Crippen LogP contribution in [0, 0.1) is 6.92 Å². The van der Waals surface area contributed by atoms with E-state index in [1.165, 1.54) is 10.4 Å². The third kappa shape index (κ3) is 6.74. The van der Waals surface area contributed by atoms with E-state index in [1.807, 2.05) is 67.6 Å². The number of aromatic amines is 1. The van der Waals surface area contributed by atoms with E-state index in [0.717, 1.165) is 37.1 Å². The fraction of sp³-hybridized carbons (Fsp3) is 0.364. The molecule has 2 aliphatic rings. The second kappa shape index (κ2) is 14.1. The Morgan fingerprint density at radius 3 is 1.94 bits per heavy atom. The van der Waals surface area contributed by atoms with Gasteiger partial charge in [0.05, 0.1) is 15.7 Å². The van der Waals surface area contributed by atoms with E-state index in [2.05, 4.69) is 53.5 Å². The molecule has 0 radical (unpaired) electrons. The third-order valence-electron chi connectivity index (χ3n) is 9.30. The number of aryl methyl sites for hydroxylation is 1. The molecule has 0 atom stereocenters. The van der Waals surface area contributed by atoms with Crippen LogP contribution in [0.25, 0.3) is 0 Å². The van der Waals surface area contributed by atoms with Gasteiger partial charge in [0.1, 0.15) is 6.54 Å². The largest absolute Gasteiger partial charge is 0.368 e. The van der Waals surface area contributed by atoms with Crippen LogP contribution in [0.15, 0.2) is 89.8 Å². The van der Waals surface area contributed by atoms with Gasteiger partial charge in [-0.2, -0.15) is 14.3 Å². The SMILES string of the molecule is Cc1ccc(S(=O)(=O)N2CCC(c3ccccc3)(c3nn[nH]n3)CC2)cc1.NC(=O)Cn1nnc(C2(c3ccccc3)CCNCC2)n1. The van der Waals surface area contributed by atoms with Gasteiger partial charge in [0.15, 0.2) is 11.6 Å². The molecule has 15 heteroatoms. The number of nitrogens with zero attached hydrogens (tertiary/aromatic N) is 8. The van der Waals surface area contributed by atoms with Crippen LogP contribution in [0.3, 0.4) is 0 Å². The first-order chi connectivity index (χ1) is 23.2. The predicted molar refractivity (Wildman–Crippen MR) is 177 cm³/mol. The van der Waals surface area contributed by atoms with Crippen LogP contribution in [0.4, 0.5) is 0 Å². The first-order valence-corrected chi connectivity index (χ1v) is 17.4. The summed E-state index contributed by atoms with van der Waals surface area (Å²) in [6.45, 7) is 4.50. The van der Waals surface area contributed by atoms with E-state index in [9.17, 15) is 13.2 Å². The lowest BCUT2D eigenvalue weighted by molar-refractivity contribution is -0.119. The Balaban J connectivity index is 0.000000173. The Labute approximate surface area is 279 Å². The van der Waals surface area contributed by atoms with E-state index < -0.39 is 21.3 Å². The Hall–Kier alpha value is -4.86. The highest BCUT2D eigenvalue weighted by atomic mass is 32.2. The zero-order valence-corrected chi connectivity index (χ0v) is 27.6. The van der Waals surface area contributed by atoms with Crippen molar-refractivity contribution < 1.29 is 13.2 Å². The molecule has 7 rings (SSSR count). The molecule has 1 amide bonds. The average Bonchev–Trinajstić information content (AvgIpc) is 3.84. The van der Waals surface area contributed by atoms with E-state index in [1.54, 1.807) is 16.4 Å². The van der Waals surface area contributed by atoms with Crippen molar-refractivity contribution in [2.45, 2.75) is 54.9 Å². The maximum absolute atomic E-state index is 13.0. The summed E-state index contributed by atoms with van der Waals surface area (Å²) in [6, 6.07) is 27.2. The molecule has 14 nitrogen and oxygen atoms in total. The number of primary amides is 1. The predicted octanol–water partition coefficient (Wildman–Crippen LogP) is 2.11. The molecule has 0 spiro atoms. The Bertz CT molecular complexity index is 1890. The third-order valence-corrected chi connectivity index (χ3v) is 11.2. The molecule has 5 aromatic rings. The van der Waals surface area contributed by atoms with Crippen LogP contribution in [-0.4, -0.2) is 85.6 Å². The number of rotatable bonds is 8. The van der Waals surface area contributed by atoms with E-state index in [4.69, 9.17) is 5.73 Å². The van der Waals surface area contributed by atoms with Crippen molar-refractivity contribution in [3.63, 3.8) is 0 Å². The number of nitrogens with two attached hydrogens (primary N) is 1. The standard InChI is InChI=1S/C19H21N5O2S.C14H18N6O/c1-15-7-9-17(10-8-15)27(25,26)24-13-11-19(12-14-24,18-20-22-23-21-18)16-5-3-2-4-6-16;15-12(21)10-20-18-13(17-19-20)14(6-8-16-9-7-14)11-4-2-1-3-5-11/h2-10H,11-14H2,1H3,(H,20,21,22,23);1-5,16H,6-10H2,(H2,15,21). The van der Waals surface area contributed by atoms with E-state index >= 15 is 0 Å². The molecule has 2 saturated heterocycles. The molecule has 48 heavy (non-hydrogen) atoms. The lowest BCUT2D eigenvalue weighted by Gasteiger charge is -2.39. The number of hydrogen-bond donors (Lipinski definition) is 3. The highest BCUT2D eigenvalue weighted by molar-refractivity contribution is 7.89. The highest BCUT2D eigenvalue weighted by Crippen LogP contribution is 2.41. The van der Waals surface area contributed by atoms with Crippen LogP contribution in [0.1, 0.15) is 54.0 Å². The highest BCUT2D eigenvalue weighted by Gasteiger charge is 2.44. The number of H-pyrrole nitrogens is 1. The molecular formula is C33H39N11O3S. The summed E-state index contributed by atoms with van der Waals surface area (Å²) < 4.78 is 27.6. The van der Waals surface area contributed by atoms with Gasteiger partial charge in [0.2, 0.25) is 15.9 Å². The van der Waals surface area contributed by atoms with Crippen LogP contribution < -0.4 is 11.1 Å². The first kappa shape index (κ1) is 33.1. The number of benzene rings is 3. The summed E-state index contributed by atoms with van der Waals surface area (Å²) in [6.07, 6.45) is 3.00. The topological polar surface area (TPSA) is 191 Å². The van der Waals surface area contributed by atoms with Gasteiger partial charge in [-0.25, -0.2) is 8.42 Å². The van der Waals surface area contributed by atoms with Crippen molar-refractivity contribution in [2.75, 3.05) is 26.2 Å². The number of tetrazole rings is 2. The molecule has 2 fully saturated rings. The zero-order chi connectivity index (χ0) is 33.6. The summed E-state index contributed by atoms with van der Waals surface area (Å²) in [5.41, 5.74) is 7.80. The Morgan fingerprint density at radius 2 is 1.40 bits per heavy atom. The molecule has 3 aromatic carbocycles. The second-order valence-electron chi connectivity index (χ2n) is 12.2. The number of sulfonamides is 1. The van der Waals surface area contributed by atoms with Crippen molar-refractivity contribution in [2.24, 2.45) is 5.73 Å².